The van der Waals surface area contributed by atoms with E-state index in [2.05, 4.69) is 74.2 Å². The van der Waals surface area contributed by atoms with Crippen molar-refractivity contribution in [3.05, 3.63) is 54.1 Å². The van der Waals surface area contributed by atoms with Gasteiger partial charge in [0.1, 0.15) is 5.82 Å². The number of rotatable bonds is 2. The minimum atomic E-state index is 0. The minimum Gasteiger partial charge on any atom is -0.356 e. The first kappa shape index (κ1) is 18.7. The summed E-state index contributed by atoms with van der Waals surface area (Å²) in [4.78, 5) is 12.2. The smallest absolute Gasteiger partial charge is 0.162 e. The third-order valence-corrected chi connectivity index (χ3v) is 5.00. The molecule has 0 aliphatic carbocycles. The highest BCUT2D eigenvalue weighted by Gasteiger charge is 2.19. The lowest BCUT2D eigenvalue weighted by atomic mass is 9.87. The number of para-hydroxylation sites is 1. The van der Waals surface area contributed by atoms with Gasteiger partial charge in [0.2, 0.25) is 0 Å². The largest absolute Gasteiger partial charge is 0.356 e. The molecule has 2 heterocycles. The second-order valence-electron chi connectivity index (χ2n) is 7.91. The Labute approximate surface area is 161 Å². The van der Waals surface area contributed by atoms with E-state index in [9.17, 15) is 0 Å². The number of hydrogen-bond acceptors (Lipinski definition) is 3. The highest BCUT2D eigenvalue weighted by atomic mass is 35.5. The van der Waals surface area contributed by atoms with Crippen LogP contribution in [0.3, 0.4) is 0 Å². The van der Waals surface area contributed by atoms with Crippen LogP contribution in [-0.2, 0) is 5.41 Å². The van der Waals surface area contributed by atoms with Gasteiger partial charge in [-0.3, -0.25) is 0 Å². The zero-order valence-electron chi connectivity index (χ0n) is 15.7. The molecule has 1 fully saturated rings. The Hall–Kier alpha value is -2.13. The van der Waals surface area contributed by atoms with Crippen LogP contribution in [0.2, 0.25) is 0 Å². The lowest BCUT2D eigenvalue weighted by Gasteiger charge is -2.20. The molecule has 1 aliphatic heterocycles. The topological polar surface area (TPSA) is 29.0 Å². The van der Waals surface area contributed by atoms with Crippen LogP contribution in [0.1, 0.15) is 39.2 Å². The molecule has 1 saturated heterocycles. The van der Waals surface area contributed by atoms with Gasteiger partial charge < -0.3 is 4.90 Å². The summed E-state index contributed by atoms with van der Waals surface area (Å²) in [5.41, 5.74) is 3.59. The zero-order valence-corrected chi connectivity index (χ0v) is 16.5. The van der Waals surface area contributed by atoms with Gasteiger partial charge in [-0.05, 0) is 36.0 Å². The van der Waals surface area contributed by atoms with Crippen molar-refractivity contribution in [1.82, 2.24) is 9.97 Å². The van der Waals surface area contributed by atoms with Gasteiger partial charge in [0.15, 0.2) is 5.82 Å². The molecule has 26 heavy (non-hydrogen) atoms. The summed E-state index contributed by atoms with van der Waals surface area (Å²) < 4.78 is 0. The fraction of sp³-hybridized carbons (Fsp3) is 0.364. The maximum absolute atomic E-state index is 4.96. The van der Waals surface area contributed by atoms with Gasteiger partial charge in [-0.15, -0.1) is 12.4 Å². The number of nitrogens with zero attached hydrogens (tertiary/aromatic N) is 3. The molecule has 3 nitrogen and oxygen atoms in total. The lowest BCUT2D eigenvalue weighted by Crippen LogP contribution is -2.20. The summed E-state index contributed by atoms with van der Waals surface area (Å²) in [7, 11) is 0. The van der Waals surface area contributed by atoms with Crippen molar-refractivity contribution < 1.29 is 0 Å². The van der Waals surface area contributed by atoms with E-state index in [1.54, 1.807) is 0 Å². The monoisotopic (exact) mass is 367 g/mol. The van der Waals surface area contributed by atoms with Crippen LogP contribution < -0.4 is 4.90 Å². The molecule has 3 aromatic rings. The van der Waals surface area contributed by atoms with Crippen molar-refractivity contribution in [2.24, 2.45) is 0 Å². The molecule has 1 aromatic heterocycles. The zero-order chi connectivity index (χ0) is 17.4. The van der Waals surface area contributed by atoms with Gasteiger partial charge in [0.25, 0.3) is 0 Å². The second-order valence-corrected chi connectivity index (χ2v) is 7.91. The highest BCUT2D eigenvalue weighted by molar-refractivity contribution is 5.91. The van der Waals surface area contributed by atoms with Crippen LogP contribution in [0.25, 0.3) is 22.3 Å². The third-order valence-electron chi connectivity index (χ3n) is 5.00. The molecule has 0 N–H and O–H groups in total. The Balaban J connectivity index is 0.00000196. The number of halogens is 1. The van der Waals surface area contributed by atoms with Crippen molar-refractivity contribution in [3.63, 3.8) is 0 Å². The maximum atomic E-state index is 4.96. The van der Waals surface area contributed by atoms with E-state index in [0.29, 0.717) is 0 Å². The van der Waals surface area contributed by atoms with Crippen LogP contribution in [0, 0.1) is 0 Å². The third kappa shape index (κ3) is 3.54. The van der Waals surface area contributed by atoms with E-state index in [1.165, 1.54) is 18.4 Å². The van der Waals surface area contributed by atoms with Crippen molar-refractivity contribution in [2.45, 2.75) is 39.0 Å². The molecular weight excluding hydrogens is 342 g/mol. The van der Waals surface area contributed by atoms with E-state index in [4.69, 9.17) is 9.97 Å². The van der Waals surface area contributed by atoms with E-state index in [0.717, 1.165) is 41.2 Å². The maximum Gasteiger partial charge on any atom is 0.162 e. The Morgan fingerprint density at radius 1 is 0.846 bits per heavy atom. The Kier molecular flexibility index (Phi) is 5.19. The SMILES string of the molecule is CC(C)(C)c1ccc(-c2nc(N3CCCC3)c3ccccc3n2)cc1.Cl. The molecule has 136 valence electrons. The van der Waals surface area contributed by atoms with Crippen LogP contribution in [-0.4, -0.2) is 23.1 Å². The molecule has 0 unspecified atom stereocenters. The van der Waals surface area contributed by atoms with E-state index < -0.39 is 0 Å². The molecule has 1 aliphatic rings. The fourth-order valence-electron chi connectivity index (χ4n) is 3.48. The standard InChI is InChI=1S/C22H25N3.ClH/c1-22(2,3)17-12-10-16(11-13-17)20-23-19-9-5-4-8-18(19)21(24-20)25-14-6-7-15-25;/h4-5,8-13H,6-7,14-15H2,1-3H3;1H. The Morgan fingerprint density at radius 2 is 1.50 bits per heavy atom. The van der Waals surface area contributed by atoms with Gasteiger partial charge in [-0.1, -0.05) is 57.2 Å². The average molecular weight is 368 g/mol. The summed E-state index contributed by atoms with van der Waals surface area (Å²) in [6.07, 6.45) is 2.49. The van der Waals surface area contributed by atoms with Crippen molar-refractivity contribution in [3.8, 4) is 11.4 Å². The first-order valence-corrected chi connectivity index (χ1v) is 9.15. The number of hydrogen-bond donors (Lipinski definition) is 0. The van der Waals surface area contributed by atoms with Crippen molar-refractivity contribution in [2.75, 3.05) is 18.0 Å². The summed E-state index contributed by atoms with van der Waals surface area (Å²) in [6.45, 7) is 8.88. The average Bonchev–Trinajstić information content (AvgIpc) is 3.14. The lowest BCUT2D eigenvalue weighted by molar-refractivity contribution is 0.590. The van der Waals surface area contributed by atoms with Gasteiger partial charge in [-0.2, -0.15) is 0 Å². The van der Waals surface area contributed by atoms with Gasteiger partial charge in [-0.25, -0.2) is 9.97 Å². The van der Waals surface area contributed by atoms with Crippen molar-refractivity contribution >= 4 is 29.1 Å². The van der Waals surface area contributed by atoms with E-state index in [-0.39, 0.29) is 17.8 Å². The molecule has 0 saturated carbocycles. The molecule has 0 amide bonds. The number of anilines is 1. The number of benzene rings is 2. The second kappa shape index (κ2) is 7.24. The summed E-state index contributed by atoms with van der Waals surface area (Å²) >= 11 is 0. The predicted octanol–water partition coefficient (Wildman–Crippen LogP) is 5.62. The van der Waals surface area contributed by atoms with Crippen LogP contribution in [0.15, 0.2) is 48.5 Å². The first-order valence-electron chi connectivity index (χ1n) is 9.15. The highest BCUT2D eigenvalue weighted by Crippen LogP contribution is 2.30. The first-order chi connectivity index (χ1) is 12.0. The normalized spacial score (nSPS) is 14.5. The van der Waals surface area contributed by atoms with Gasteiger partial charge in [0.05, 0.1) is 5.52 Å². The van der Waals surface area contributed by atoms with Crippen LogP contribution in [0.5, 0.6) is 0 Å². The van der Waals surface area contributed by atoms with Gasteiger partial charge in [0, 0.05) is 24.0 Å². The summed E-state index contributed by atoms with van der Waals surface area (Å²) in [5, 5.41) is 1.15. The summed E-state index contributed by atoms with van der Waals surface area (Å²) in [5.74, 6) is 1.90. The minimum absolute atomic E-state index is 0. The molecular formula is C22H26ClN3. The predicted molar refractivity (Wildman–Crippen MR) is 112 cm³/mol. The molecule has 0 spiro atoms. The summed E-state index contributed by atoms with van der Waals surface area (Å²) in [6, 6.07) is 17.0. The molecule has 0 bridgehead atoms. The van der Waals surface area contributed by atoms with Crippen LogP contribution in [0.4, 0.5) is 5.82 Å². The number of aromatic nitrogens is 2. The molecule has 4 heteroatoms. The van der Waals surface area contributed by atoms with Gasteiger partial charge >= 0.3 is 0 Å². The van der Waals surface area contributed by atoms with Crippen LogP contribution >= 0.6 is 12.4 Å². The molecule has 2 aromatic carbocycles. The molecule has 0 radical (unpaired) electrons. The Bertz CT molecular complexity index is 891. The fourth-order valence-corrected chi connectivity index (χ4v) is 3.48. The number of fused-ring (bicyclic) bond motifs is 1. The quantitative estimate of drug-likeness (QED) is 0.588. The Morgan fingerprint density at radius 3 is 2.15 bits per heavy atom. The molecule has 0 atom stereocenters. The van der Waals surface area contributed by atoms with E-state index in [1.807, 2.05) is 0 Å². The van der Waals surface area contributed by atoms with Crippen molar-refractivity contribution in [1.29, 1.82) is 0 Å². The molecule has 4 rings (SSSR count). The van der Waals surface area contributed by atoms with E-state index >= 15 is 0 Å².